The Morgan fingerprint density at radius 3 is 2.89 bits per heavy atom. The molecule has 2 aromatic rings. The molecule has 3 heterocycles. The monoisotopic (exact) mass is 424 g/mol. The normalized spacial score (nSPS) is 21.2. The summed E-state index contributed by atoms with van der Waals surface area (Å²) in [5.41, 5.74) is 1.60. The number of unbranched alkanes of at least 4 members (excludes halogenated alkanes) is 1. The second-order valence-electron chi connectivity index (χ2n) is 7.39. The fourth-order valence-electron chi connectivity index (χ4n) is 3.84. The zero-order valence-electron chi connectivity index (χ0n) is 15.4. The maximum atomic E-state index is 12.5. The van der Waals surface area contributed by atoms with Gasteiger partial charge in [-0.05, 0) is 50.3 Å². The van der Waals surface area contributed by atoms with Gasteiger partial charge in [0.05, 0.1) is 0 Å². The molecule has 1 atom stereocenters. The van der Waals surface area contributed by atoms with E-state index < -0.39 is 0 Å². The lowest BCUT2D eigenvalue weighted by atomic mass is 9.96. The number of hydrogen-bond donors (Lipinski definition) is 0. The summed E-state index contributed by atoms with van der Waals surface area (Å²) in [6.45, 7) is 1.61. The van der Waals surface area contributed by atoms with Crippen LogP contribution in [0.5, 0.6) is 0 Å². The van der Waals surface area contributed by atoms with Gasteiger partial charge in [0.2, 0.25) is 5.91 Å². The molecule has 7 heteroatoms. The van der Waals surface area contributed by atoms with Crippen LogP contribution in [-0.2, 0) is 4.79 Å². The predicted molar refractivity (Wildman–Crippen MR) is 114 cm³/mol. The van der Waals surface area contributed by atoms with Crippen LogP contribution in [0, 0.1) is 0 Å². The Morgan fingerprint density at radius 1 is 1.26 bits per heavy atom. The van der Waals surface area contributed by atoms with E-state index in [1.807, 2.05) is 44.7 Å². The summed E-state index contributed by atoms with van der Waals surface area (Å²) in [7, 11) is 4.02. The van der Waals surface area contributed by atoms with E-state index >= 15 is 0 Å². The van der Waals surface area contributed by atoms with Gasteiger partial charge >= 0.3 is 0 Å². The Balaban J connectivity index is 1.22. The number of likely N-dealkylation sites (tertiary alicyclic amines) is 1. The summed E-state index contributed by atoms with van der Waals surface area (Å²) in [5.74, 6) is 2.67. The lowest BCUT2D eigenvalue weighted by Crippen LogP contribution is -2.37. The van der Waals surface area contributed by atoms with Crippen molar-refractivity contribution in [1.82, 2.24) is 9.88 Å². The fourth-order valence-corrected chi connectivity index (χ4v) is 7.03. The van der Waals surface area contributed by atoms with Crippen molar-refractivity contribution in [1.29, 1.82) is 0 Å². The maximum Gasteiger partial charge on any atom is 0.222 e. The van der Waals surface area contributed by atoms with E-state index in [2.05, 4.69) is 4.98 Å². The molecule has 1 aromatic carbocycles. The number of benzene rings is 1. The average Bonchev–Trinajstić information content (AvgIpc) is 3.34. The van der Waals surface area contributed by atoms with Crippen molar-refractivity contribution in [2.45, 2.75) is 56.1 Å². The number of aromatic nitrogens is 1. The minimum atomic E-state index is 0.289. The molecule has 0 spiro atoms. The van der Waals surface area contributed by atoms with E-state index in [4.69, 9.17) is 16.0 Å². The molecule has 1 aromatic heterocycles. The first-order valence-electron chi connectivity index (χ1n) is 9.81. The number of oxazole rings is 1. The zero-order valence-corrected chi connectivity index (χ0v) is 17.8. The summed E-state index contributed by atoms with van der Waals surface area (Å²) in [5, 5.41) is 1.49. The first-order valence-corrected chi connectivity index (χ1v) is 12.6. The number of nitrogens with zero attached hydrogens (tertiary/aromatic N) is 2. The predicted octanol–water partition coefficient (Wildman–Crippen LogP) is 5.90. The topological polar surface area (TPSA) is 46.3 Å². The standard InChI is InChI=1S/C20H25ClN2O2S2/c21-15-5-6-18-17(13-15)22-20(25-18)14-7-10-23(11-8-14)19(24)4-2-1-3-16-9-12-26-27-16/h5-6,13-14,16H,1-4,7-12H2. The van der Waals surface area contributed by atoms with E-state index in [-0.39, 0.29) is 5.92 Å². The molecule has 2 saturated heterocycles. The average molecular weight is 425 g/mol. The number of piperidine rings is 1. The van der Waals surface area contributed by atoms with Crippen LogP contribution in [0.1, 0.15) is 56.8 Å². The molecule has 2 aliphatic rings. The second-order valence-corrected chi connectivity index (χ2v) is 10.6. The minimum absolute atomic E-state index is 0.289. The van der Waals surface area contributed by atoms with Gasteiger partial charge in [0.1, 0.15) is 5.52 Å². The quantitative estimate of drug-likeness (QED) is 0.426. The van der Waals surface area contributed by atoms with Gasteiger partial charge in [0.25, 0.3) is 0 Å². The van der Waals surface area contributed by atoms with E-state index in [0.29, 0.717) is 17.4 Å². The number of carbonyl (C=O) groups excluding carboxylic acids is 1. The molecule has 0 bridgehead atoms. The third kappa shape index (κ3) is 4.96. The first-order chi connectivity index (χ1) is 13.2. The second kappa shape index (κ2) is 9.10. The van der Waals surface area contributed by atoms with E-state index in [1.54, 1.807) is 0 Å². The van der Waals surface area contributed by atoms with E-state index in [1.165, 1.54) is 25.0 Å². The fraction of sp³-hybridized carbons (Fsp3) is 0.600. The van der Waals surface area contributed by atoms with Gasteiger partial charge in [-0.15, -0.1) is 0 Å². The number of rotatable bonds is 6. The number of amides is 1. The number of carbonyl (C=O) groups is 1. The van der Waals surface area contributed by atoms with Crippen LogP contribution in [0.25, 0.3) is 11.1 Å². The highest BCUT2D eigenvalue weighted by Gasteiger charge is 2.27. The number of hydrogen-bond acceptors (Lipinski definition) is 5. The van der Waals surface area contributed by atoms with Gasteiger partial charge in [0, 0.05) is 41.5 Å². The highest BCUT2D eigenvalue weighted by molar-refractivity contribution is 8.77. The Morgan fingerprint density at radius 2 is 2.11 bits per heavy atom. The molecule has 2 aliphatic heterocycles. The van der Waals surface area contributed by atoms with Crippen molar-refractivity contribution in [3.8, 4) is 0 Å². The lowest BCUT2D eigenvalue weighted by molar-refractivity contribution is -0.132. The van der Waals surface area contributed by atoms with Crippen molar-refractivity contribution in [2.24, 2.45) is 0 Å². The van der Waals surface area contributed by atoms with Crippen molar-refractivity contribution < 1.29 is 9.21 Å². The molecule has 1 unspecified atom stereocenters. The van der Waals surface area contributed by atoms with Crippen LogP contribution in [-0.4, -0.2) is 39.9 Å². The SMILES string of the molecule is O=C(CCCCC1CCSS1)N1CCC(c2nc3cc(Cl)ccc3o2)CC1. The van der Waals surface area contributed by atoms with Crippen LogP contribution in [0.4, 0.5) is 0 Å². The van der Waals surface area contributed by atoms with Crippen LogP contribution in [0.15, 0.2) is 22.6 Å². The van der Waals surface area contributed by atoms with Crippen molar-refractivity contribution in [2.75, 3.05) is 18.8 Å². The molecule has 4 rings (SSSR count). The van der Waals surface area contributed by atoms with Gasteiger partial charge in [0.15, 0.2) is 11.5 Å². The van der Waals surface area contributed by atoms with Gasteiger partial charge in [-0.25, -0.2) is 4.98 Å². The third-order valence-electron chi connectivity index (χ3n) is 5.46. The molecule has 1 amide bonds. The molecular weight excluding hydrogens is 400 g/mol. The van der Waals surface area contributed by atoms with Gasteiger partial charge in [-0.2, -0.15) is 0 Å². The molecule has 0 radical (unpaired) electrons. The summed E-state index contributed by atoms with van der Waals surface area (Å²) in [6, 6.07) is 5.53. The smallest absolute Gasteiger partial charge is 0.222 e. The molecule has 0 aliphatic carbocycles. The van der Waals surface area contributed by atoms with Gasteiger partial charge in [-0.1, -0.05) is 39.6 Å². The molecule has 0 saturated carbocycles. The molecule has 4 nitrogen and oxygen atoms in total. The summed E-state index contributed by atoms with van der Waals surface area (Å²) < 4.78 is 5.91. The lowest BCUT2D eigenvalue weighted by Gasteiger charge is -2.30. The molecule has 27 heavy (non-hydrogen) atoms. The van der Waals surface area contributed by atoms with Crippen LogP contribution >= 0.6 is 33.2 Å². The zero-order chi connectivity index (χ0) is 18.6. The van der Waals surface area contributed by atoms with Gasteiger partial charge in [-0.3, -0.25) is 4.79 Å². The minimum Gasteiger partial charge on any atom is -0.440 e. The Kier molecular flexibility index (Phi) is 6.56. The Bertz CT molecular complexity index is 783. The van der Waals surface area contributed by atoms with Crippen LogP contribution < -0.4 is 0 Å². The van der Waals surface area contributed by atoms with Crippen molar-refractivity contribution >= 4 is 50.2 Å². The molecule has 146 valence electrons. The summed E-state index contributed by atoms with van der Waals surface area (Å²) >= 11 is 6.03. The molecule has 2 fully saturated rings. The molecule has 0 N–H and O–H groups in total. The van der Waals surface area contributed by atoms with Crippen molar-refractivity contribution in [3.05, 3.63) is 29.1 Å². The highest BCUT2D eigenvalue weighted by atomic mass is 35.5. The van der Waals surface area contributed by atoms with Crippen LogP contribution in [0.2, 0.25) is 5.02 Å². The maximum absolute atomic E-state index is 12.5. The van der Waals surface area contributed by atoms with E-state index in [9.17, 15) is 4.79 Å². The molecular formula is C20H25ClN2O2S2. The largest absolute Gasteiger partial charge is 0.440 e. The Labute approximate surface area is 173 Å². The first kappa shape index (κ1) is 19.5. The van der Waals surface area contributed by atoms with Crippen LogP contribution in [0.3, 0.4) is 0 Å². The summed E-state index contributed by atoms with van der Waals surface area (Å²) in [4.78, 5) is 19.1. The number of halogens is 1. The van der Waals surface area contributed by atoms with E-state index in [0.717, 1.165) is 54.6 Å². The Hall–Kier alpha value is -0.850. The third-order valence-corrected chi connectivity index (χ3v) is 8.70. The number of fused-ring (bicyclic) bond motifs is 1. The van der Waals surface area contributed by atoms with Gasteiger partial charge < -0.3 is 9.32 Å². The highest BCUT2D eigenvalue weighted by Crippen LogP contribution is 2.40. The van der Waals surface area contributed by atoms with Crippen molar-refractivity contribution in [3.63, 3.8) is 0 Å². The summed E-state index contributed by atoms with van der Waals surface area (Å²) in [6.07, 6.45) is 7.31.